The first-order chi connectivity index (χ1) is 7.47. The van der Waals surface area contributed by atoms with Gasteiger partial charge in [0.1, 0.15) is 0 Å². The van der Waals surface area contributed by atoms with E-state index in [1.807, 2.05) is 20.8 Å². The largest absolute Gasteiger partial charge is 0.466 e. The average molecular weight is 224 g/mol. The smallest absolute Gasteiger partial charge is 0.313 e. The second-order valence-corrected chi connectivity index (χ2v) is 4.70. The van der Waals surface area contributed by atoms with Crippen molar-refractivity contribution < 1.29 is 14.3 Å². The zero-order valence-corrected chi connectivity index (χ0v) is 10.4. The van der Waals surface area contributed by atoms with Crippen LogP contribution in [0.2, 0.25) is 0 Å². The molecule has 0 heterocycles. The summed E-state index contributed by atoms with van der Waals surface area (Å²) >= 11 is 0. The van der Waals surface area contributed by atoms with Crippen molar-refractivity contribution in [1.29, 1.82) is 0 Å². The molecule has 90 valence electrons. The molecule has 0 aromatic heterocycles. The van der Waals surface area contributed by atoms with Crippen molar-refractivity contribution in [3.63, 3.8) is 0 Å². The van der Waals surface area contributed by atoms with Crippen molar-refractivity contribution in [1.82, 2.24) is 0 Å². The molecule has 1 aliphatic carbocycles. The fourth-order valence-electron chi connectivity index (χ4n) is 2.30. The van der Waals surface area contributed by atoms with E-state index in [-0.39, 0.29) is 23.6 Å². The fraction of sp³-hybridized carbons (Fsp3) is 0.692. The third-order valence-corrected chi connectivity index (χ3v) is 3.14. The molecule has 0 fully saturated rings. The van der Waals surface area contributed by atoms with Crippen LogP contribution < -0.4 is 0 Å². The monoisotopic (exact) mass is 224 g/mol. The van der Waals surface area contributed by atoms with Crippen molar-refractivity contribution in [3.8, 4) is 0 Å². The molecule has 0 aromatic carbocycles. The zero-order chi connectivity index (χ0) is 12.3. The minimum absolute atomic E-state index is 0.0801. The number of esters is 1. The predicted molar refractivity (Wildman–Crippen MR) is 61.8 cm³/mol. The van der Waals surface area contributed by atoms with Crippen molar-refractivity contribution in [2.75, 3.05) is 6.61 Å². The highest BCUT2D eigenvalue weighted by Crippen LogP contribution is 2.34. The lowest BCUT2D eigenvalue weighted by molar-refractivity contribution is -0.149. The molecule has 0 saturated carbocycles. The number of ether oxygens (including phenoxy) is 1. The lowest BCUT2D eigenvalue weighted by Gasteiger charge is -2.31. The van der Waals surface area contributed by atoms with Gasteiger partial charge in [0.05, 0.1) is 12.5 Å². The Labute approximate surface area is 96.9 Å². The van der Waals surface area contributed by atoms with E-state index in [0.717, 1.165) is 5.57 Å². The van der Waals surface area contributed by atoms with Crippen LogP contribution in [0.3, 0.4) is 0 Å². The zero-order valence-electron chi connectivity index (χ0n) is 10.4. The second-order valence-electron chi connectivity index (χ2n) is 4.70. The van der Waals surface area contributed by atoms with E-state index >= 15 is 0 Å². The van der Waals surface area contributed by atoms with Gasteiger partial charge in [-0.05, 0) is 31.8 Å². The fourth-order valence-corrected chi connectivity index (χ4v) is 2.30. The number of allylic oxidation sites excluding steroid dienone is 1. The topological polar surface area (TPSA) is 43.4 Å². The third-order valence-electron chi connectivity index (χ3n) is 3.14. The summed E-state index contributed by atoms with van der Waals surface area (Å²) in [5.41, 5.74) is 0.841. The van der Waals surface area contributed by atoms with Crippen molar-refractivity contribution in [3.05, 3.63) is 11.6 Å². The van der Waals surface area contributed by atoms with Crippen LogP contribution in [0.1, 0.15) is 34.1 Å². The van der Waals surface area contributed by atoms with E-state index in [1.54, 1.807) is 13.0 Å². The Morgan fingerprint density at radius 1 is 1.56 bits per heavy atom. The van der Waals surface area contributed by atoms with E-state index < -0.39 is 0 Å². The SMILES string of the molecule is CCOC(=O)[C@H]1C(C)=CC(=O)C[C@@H]1C(C)C. The Bertz CT molecular complexity index is 315. The summed E-state index contributed by atoms with van der Waals surface area (Å²) in [5.74, 6) is 0.0791. The van der Waals surface area contributed by atoms with Crippen LogP contribution in [0.15, 0.2) is 11.6 Å². The summed E-state index contributed by atoms with van der Waals surface area (Å²) in [7, 11) is 0. The van der Waals surface area contributed by atoms with Gasteiger partial charge < -0.3 is 4.74 Å². The lowest BCUT2D eigenvalue weighted by atomic mass is 9.73. The average Bonchev–Trinajstić information content (AvgIpc) is 2.16. The molecule has 0 unspecified atom stereocenters. The minimum Gasteiger partial charge on any atom is -0.466 e. The normalized spacial score (nSPS) is 25.6. The summed E-state index contributed by atoms with van der Waals surface area (Å²) in [4.78, 5) is 23.3. The van der Waals surface area contributed by atoms with Crippen LogP contribution in [0.4, 0.5) is 0 Å². The second kappa shape index (κ2) is 5.28. The quantitative estimate of drug-likeness (QED) is 0.691. The first kappa shape index (κ1) is 12.9. The number of hydrogen-bond acceptors (Lipinski definition) is 3. The molecule has 16 heavy (non-hydrogen) atoms. The van der Waals surface area contributed by atoms with E-state index in [0.29, 0.717) is 18.9 Å². The van der Waals surface area contributed by atoms with Gasteiger partial charge in [-0.1, -0.05) is 19.4 Å². The maximum Gasteiger partial charge on any atom is 0.313 e. The van der Waals surface area contributed by atoms with Gasteiger partial charge in [-0.25, -0.2) is 0 Å². The number of hydrogen-bond donors (Lipinski definition) is 0. The highest BCUT2D eigenvalue weighted by atomic mass is 16.5. The molecule has 0 aromatic rings. The molecule has 0 N–H and O–H groups in total. The minimum atomic E-state index is -0.238. The molecule has 0 saturated heterocycles. The Kier molecular flexibility index (Phi) is 4.27. The molecular formula is C13H20O3. The van der Waals surface area contributed by atoms with Crippen molar-refractivity contribution in [2.24, 2.45) is 17.8 Å². The number of ketones is 1. The van der Waals surface area contributed by atoms with Crippen molar-refractivity contribution in [2.45, 2.75) is 34.1 Å². The van der Waals surface area contributed by atoms with Gasteiger partial charge in [0.2, 0.25) is 0 Å². The first-order valence-corrected chi connectivity index (χ1v) is 5.85. The molecule has 1 rings (SSSR count). The molecule has 0 aliphatic heterocycles. The number of carbonyl (C=O) groups excluding carboxylic acids is 2. The Morgan fingerprint density at radius 3 is 2.69 bits per heavy atom. The van der Waals surface area contributed by atoms with E-state index in [4.69, 9.17) is 4.74 Å². The van der Waals surface area contributed by atoms with Crippen LogP contribution in [0.25, 0.3) is 0 Å². The maximum absolute atomic E-state index is 11.9. The summed E-state index contributed by atoms with van der Waals surface area (Å²) in [5, 5.41) is 0. The molecule has 3 heteroatoms. The van der Waals surface area contributed by atoms with Crippen molar-refractivity contribution >= 4 is 11.8 Å². The van der Waals surface area contributed by atoms with Crippen LogP contribution in [-0.4, -0.2) is 18.4 Å². The third kappa shape index (κ3) is 2.71. The number of rotatable bonds is 3. The van der Waals surface area contributed by atoms with Gasteiger partial charge in [0, 0.05) is 6.42 Å². The molecule has 0 radical (unpaired) electrons. The number of carbonyl (C=O) groups is 2. The van der Waals surface area contributed by atoms with E-state index in [2.05, 4.69) is 0 Å². The molecule has 2 atom stereocenters. The van der Waals surface area contributed by atoms with Gasteiger partial charge in [-0.15, -0.1) is 0 Å². The molecule has 3 nitrogen and oxygen atoms in total. The maximum atomic E-state index is 11.9. The van der Waals surface area contributed by atoms with Crippen LogP contribution in [0.5, 0.6) is 0 Å². The summed E-state index contributed by atoms with van der Waals surface area (Å²) in [6.45, 7) is 8.12. The molecule has 1 aliphatic rings. The van der Waals surface area contributed by atoms with Crippen LogP contribution in [-0.2, 0) is 14.3 Å². The van der Waals surface area contributed by atoms with Gasteiger partial charge >= 0.3 is 5.97 Å². The summed E-state index contributed by atoms with van der Waals surface area (Å²) in [6, 6.07) is 0. The van der Waals surface area contributed by atoms with Crippen LogP contribution in [0, 0.1) is 17.8 Å². The van der Waals surface area contributed by atoms with E-state index in [9.17, 15) is 9.59 Å². The first-order valence-electron chi connectivity index (χ1n) is 5.85. The van der Waals surface area contributed by atoms with Gasteiger partial charge in [-0.2, -0.15) is 0 Å². The highest BCUT2D eigenvalue weighted by molar-refractivity contribution is 5.94. The van der Waals surface area contributed by atoms with E-state index in [1.165, 1.54) is 0 Å². The molecule has 0 bridgehead atoms. The Morgan fingerprint density at radius 2 is 2.19 bits per heavy atom. The predicted octanol–water partition coefficient (Wildman–Crippen LogP) is 2.36. The standard InChI is InChI=1S/C13H20O3/c1-5-16-13(15)12-9(4)6-10(14)7-11(12)8(2)3/h6,8,11-12H,5,7H2,1-4H3/t11-,12+/m1/s1. The molecular weight excluding hydrogens is 204 g/mol. The summed E-state index contributed by atoms with van der Waals surface area (Å²) in [6.07, 6.45) is 2.04. The van der Waals surface area contributed by atoms with Gasteiger partial charge in [-0.3, -0.25) is 9.59 Å². The highest BCUT2D eigenvalue weighted by Gasteiger charge is 2.37. The van der Waals surface area contributed by atoms with Gasteiger partial charge in [0.25, 0.3) is 0 Å². The van der Waals surface area contributed by atoms with Gasteiger partial charge in [0.15, 0.2) is 5.78 Å². The van der Waals surface area contributed by atoms with Crippen LogP contribution >= 0.6 is 0 Å². The Hall–Kier alpha value is -1.12. The Balaban J connectivity index is 2.95. The lowest BCUT2D eigenvalue weighted by Crippen LogP contribution is -2.34. The summed E-state index contributed by atoms with van der Waals surface area (Å²) < 4.78 is 5.08. The molecule has 0 amide bonds. The molecule has 0 spiro atoms.